The van der Waals surface area contributed by atoms with Crippen molar-refractivity contribution in [3.8, 4) is 11.3 Å². The van der Waals surface area contributed by atoms with Gasteiger partial charge in [-0.1, -0.05) is 31.2 Å². The average Bonchev–Trinajstić information content (AvgIpc) is 2.50. The van der Waals surface area contributed by atoms with Crippen LogP contribution in [0.2, 0.25) is 0 Å². The Morgan fingerprint density at radius 3 is 2.16 bits per heavy atom. The molecule has 1 N–H and O–H groups in total. The van der Waals surface area contributed by atoms with Gasteiger partial charge < -0.3 is 9.84 Å². The number of alkyl halides is 3. The van der Waals surface area contributed by atoms with E-state index in [1.165, 1.54) is 13.8 Å². The number of hydrogen-bond acceptors (Lipinski definition) is 3. The minimum atomic E-state index is -4.51. The summed E-state index contributed by atoms with van der Waals surface area (Å²) in [4.78, 5) is 4.00. The summed E-state index contributed by atoms with van der Waals surface area (Å²) in [5.41, 5.74) is -0.0709. The molecule has 1 fully saturated rings. The van der Waals surface area contributed by atoms with Gasteiger partial charge in [0.05, 0.1) is 30.1 Å². The molecule has 0 unspecified atom stereocenters. The third kappa shape index (κ3) is 3.41. The van der Waals surface area contributed by atoms with Gasteiger partial charge in [-0.25, -0.2) is 0 Å². The number of pyridine rings is 1. The first kappa shape index (κ1) is 17.9. The summed E-state index contributed by atoms with van der Waals surface area (Å²) in [6.07, 6.45) is -3.70. The summed E-state index contributed by atoms with van der Waals surface area (Å²) in [7, 11) is 0. The summed E-state index contributed by atoms with van der Waals surface area (Å²) in [6.45, 7) is 6.31. The van der Waals surface area contributed by atoms with Crippen molar-refractivity contribution in [2.24, 2.45) is 0 Å². The molecule has 1 aliphatic heterocycles. The molecule has 3 nitrogen and oxygen atoms in total. The van der Waals surface area contributed by atoms with Crippen LogP contribution in [0.1, 0.15) is 37.5 Å². The van der Waals surface area contributed by atoms with Gasteiger partial charge in [0.25, 0.3) is 0 Å². The van der Waals surface area contributed by atoms with Gasteiger partial charge in [0.1, 0.15) is 0 Å². The van der Waals surface area contributed by atoms with Crippen LogP contribution in [-0.2, 0) is 21.9 Å². The maximum Gasteiger partial charge on any atom is 0.417 e. The number of ether oxygens (including phenoxy) is 1. The first-order valence-electron chi connectivity index (χ1n) is 7.99. The van der Waals surface area contributed by atoms with Crippen LogP contribution < -0.4 is 0 Å². The number of halogens is 3. The second kappa shape index (κ2) is 5.81. The molecule has 1 aromatic heterocycles. The molecule has 0 saturated carbocycles. The first-order valence-corrected chi connectivity index (χ1v) is 7.99. The molecule has 2 heterocycles. The number of benzene rings is 1. The molecule has 0 atom stereocenters. The number of aliphatic hydroxyl groups is 1. The third-order valence-corrected chi connectivity index (χ3v) is 4.57. The van der Waals surface area contributed by atoms with E-state index in [9.17, 15) is 18.3 Å². The summed E-state index contributed by atoms with van der Waals surface area (Å²) in [5, 5.41) is 10.3. The normalized spacial score (nSPS) is 17.2. The standard InChI is InChI=1S/C19H20F3NO2/c1-17(2,24)15-8-14(19(20,21)22)9-23-16(15)12-4-6-13(7-5-12)18(3)10-25-11-18/h4-9,24H,10-11H2,1-3H3. The molecular formula is C19H20F3NO2. The molecule has 1 aromatic carbocycles. The van der Waals surface area contributed by atoms with E-state index in [0.29, 0.717) is 24.5 Å². The van der Waals surface area contributed by atoms with Crippen LogP contribution >= 0.6 is 0 Å². The largest absolute Gasteiger partial charge is 0.417 e. The molecule has 0 radical (unpaired) electrons. The topological polar surface area (TPSA) is 42.4 Å². The van der Waals surface area contributed by atoms with Crippen molar-refractivity contribution in [1.29, 1.82) is 0 Å². The molecule has 0 aliphatic carbocycles. The summed E-state index contributed by atoms with van der Waals surface area (Å²) in [5.74, 6) is 0. The van der Waals surface area contributed by atoms with Gasteiger partial charge >= 0.3 is 6.18 Å². The SMILES string of the molecule is CC(C)(O)c1cc(C(F)(F)F)cnc1-c1ccc(C2(C)COC2)cc1. The van der Waals surface area contributed by atoms with Crippen LogP contribution in [0.5, 0.6) is 0 Å². The van der Waals surface area contributed by atoms with Crippen LogP contribution in [0.3, 0.4) is 0 Å². The first-order chi connectivity index (χ1) is 11.5. The maximum absolute atomic E-state index is 13.0. The molecule has 0 spiro atoms. The van der Waals surface area contributed by atoms with Crippen molar-refractivity contribution in [2.45, 2.75) is 38.0 Å². The Kier molecular flexibility index (Phi) is 4.16. The quantitative estimate of drug-likeness (QED) is 0.897. The fourth-order valence-corrected chi connectivity index (χ4v) is 2.92. The van der Waals surface area contributed by atoms with Gasteiger partial charge in [-0.05, 0) is 25.5 Å². The van der Waals surface area contributed by atoms with Crippen LogP contribution in [0.25, 0.3) is 11.3 Å². The zero-order valence-electron chi connectivity index (χ0n) is 14.3. The van der Waals surface area contributed by atoms with E-state index in [1.807, 2.05) is 24.3 Å². The Labute approximate surface area is 144 Å². The second-order valence-electron chi connectivity index (χ2n) is 7.31. The molecule has 0 amide bonds. The van der Waals surface area contributed by atoms with Crippen molar-refractivity contribution in [3.05, 3.63) is 53.2 Å². The Hall–Kier alpha value is -1.92. The van der Waals surface area contributed by atoms with Crippen molar-refractivity contribution in [2.75, 3.05) is 13.2 Å². The van der Waals surface area contributed by atoms with Crippen LogP contribution in [0.4, 0.5) is 13.2 Å². The highest BCUT2D eigenvalue weighted by molar-refractivity contribution is 5.65. The summed E-state index contributed by atoms with van der Waals surface area (Å²) in [6, 6.07) is 8.49. The Morgan fingerprint density at radius 2 is 1.72 bits per heavy atom. The molecular weight excluding hydrogens is 331 g/mol. The minimum Gasteiger partial charge on any atom is -0.386 e. The number of hydrogen-bond donors (Lipinski definition) is 1. The van der Waals surface area contributed by atoms with Crippen LogP contribution in [0.15, 0.2) is 36.5 Å². The molecule has 0 bridgehead atoms. The monoisotopic (exact) mass is 351 g/mol. The molecule has 1 aliphatic rings. The molecule has 1 saturated heterocycles. The third-order valence-electron chi connectivity index (χ3n) is 4.57. The van der Waals surface area contributed by atoms with Gasteiger partial charge in [0, 0.05) is 22.7 Å². The van der Waals surface area contributed by atoms with Gasteiger partial charge in [-0.15, -0.1) is 0 Å². The van der Waals surface area contributed by atoms with E-state index in [0.717, 1.165) is 17.8 Å². The van der Waals surface area contributed by atoms with Crippen molar-refractivity contribution in [1.82, 2.24) is 4.98 Å². The summed E-state index contributed by atoms with van der Waals surface area (Å²) < 4.78 is 44.2. The van der Waals surface area contributed by atoms with Gasteiger partial charge in [0.15, 0.2) is 0 Å². The lowest BCUT2D eigenvalue weighted by molar-refractivity contribution is -0.138. The fourth-order valence-electron chi connectivity index (χ4n) is 2.92. The average molecular weight is 351 g/mol. The van der Waals surface area contributed by atoms with Gasteiger partial charge in [0.2, 0.25) is 0 Å². The van der Waals surface area contributed by atoms with Crippen LogP contribution in [0, 0.1) is 0 Å². The molecule has 3 rings (SSSR count). The minimum absolute atomic E-state index is 0.0226. The van der Waals surface area contributed by atoms with Gasteiger partial charge in [-0.2, -0.15) is 13.2 Å². The van der Waals surface area contributed by atoms with E-state index >= 15 is 0 Å². The molecule has 2 aromatic rings. The second-order valence-corrected chi connectivity index (χ2v) is 7.31. The zero-order chi connectivity index (χ0) is 18.5. The maximum atomic E-state index is 13.0. The van der Waals surface area contributed by atoms with E-state index in [1.54, 1.807) is 0 Å². The lowest BCUT2D eigenvalue weighted by Gasteiger charge is -2.38. The van der Waals surface area contributed by atoms with E-state index < -0.39 is 17.3 Å². The highest BCUT2D eigenvalue weighted by Crippen LogP contribution is 2.37. The van der Waals surface area contributed by atoms with Crippen LogP contribution in [-0.4, -0.2) is 23.3 Å². The highest BCUT2D eigenvalue weighted by Gasteiger charge is 2.36. The number of rotatable bonds is 3. The van der Waals surface area contributed by atoms with Gasteiger partial charge in [-0.3, -0.25) is 4.98 Å². The number of nitrogens with zero attached hydrogens (tertiary/aromatic N) is 1. The molecule has 134 valence electrons. The van der Waals surface area contributed by atoms with E-state index in [4.69, 9.17) is 4.74 Å². The predicted octanol–water partition coefficient (Wildman–Crippen LogP) is 4.28. The summed E-state index contributed by atoms with van der Waals surface area (Å²) >= 11 is 0. The molecule has 6 heteroatoms. The Morgan fingerprint density at radius 1 is 1.12 bits per heavy atom. The van der Waals surface area contributed by atoms with E-state index in [2.05, 4.69) is 11.9 Å². The zero-order valence-corrected chi connectivity index (χ0v) is 14.3. The van der Waals surface area contributed by atoms with Crippen molar-refractivity contribution in [3.63, 3.8) is 0 Å². The number of aromatic nitrogens is 1. The predicted molar refractivity (Wildman–Crippen MR) is 88.1 cm³/mol. The van der Waals surface area contributed by atoms with Crippen molar-refractivity contribution < 1.29 is 23.0 Å². The molecule has 25 heavy (non-hydrogen) atoms. The Bertz CT molecular complexity index is 773. The fraction of sp³-hybridized carbons (Fsp3) is 0.421. The lowest BCUT2D eigenvalue weighted by atomic mass is 9.80. The van der Waals surface area contributed by atoms with Crippen molar-refractivity contribution >= 4 is 0 Å². The lowest BCUT2D eigenvalue weighted by Crippen LogP contribution is -2.43. The smallest absolute Gasteiger partial charge is 0.386 e. The highest BCUT2D eigenvalue weighted by atomic mass is 19.4. The Balaban J connectivity index is 2.04. The van der Waals surface area contributed by atoms with E-state index in [-0.39, 0.29) is 11.0 Å².